The molecular weight excluding hydrogens is 382 g/mol. The summed E-state index contributed by atoms with van der Waals surface area (Å²) < 4.78 is 28.7. The summed E-state index contributed by atoms with van der Waals surface area (Å²) in [5, 5.41) is 0. The first-order valence-electron chi connectivity index (χ1n) is 10.6. The minimum atomic E-state index is -0.199. The van der Waals surface area contributed by atoms with Gasteiger partial charge in [0.1, 0.15) is 18.0 Å². The molecule has 1 spiro atoms. The Morgan fingerprint density at radius 1 is 1.00 bits per heavy atom. The maximum Gasteiger partial charge on any atom is 0.161 e. The third kappa shape index (κ3) is 4.89. The second kappa shape index (κ2) is 9.69. The van der Waals surface area contributed by atoms with Crippen molar-refractivity contribution in [1.82, 2.24) is 4.90 Å². The standard InChI is InChI=1S/C24H31NO5/c1-26-13-14-29-23-15-19(7-8-22(23)27-2)16-25-17-20-5-3-4-6-21(20)30-24(18-25)9-11-28-12-10-24/h3-8,15H,9-14,16-18H2,1-2H3. The lowest BCUT2D eigenvalue weighted by Crippen LogP contribution is -2.49. The number of benzene rings is 2. The Bertz CT molecular complexity index is 834. The third-order valence-electron chi connectivity index (χ3n) is 5.79. The molecule has 2 aliphatic heterocycles. The van der Waals surface area contributed by atoms with E-state index in [1.165, 1.54) is 11.1 Å². The number of para-hydroxylation sites is 1. The molecule has 1 saturated heterocycles. The first kappa shape index (κ1) is 21.0. The van der Waals surface area contributed by atoms with Crippen LogP contribution < -0.4 is 14.2 Å². The SMILES string of the molecule is COCCOc1cc(CN2Cc3ccccc3OC3(CCOCC3)C2)ccc1OC. The van der Waals surface area contributed by atoms with Crippen LogP contribution in [0.1, 0.15) is 24.0 Å². The van der Waals surface area contributed by atoms with E-state index in [2.05, 4.69) is 41.3 Å². The minimum Gasteiger partial charge on any atom is -0.493 e. The molecule has 0 aromatic heterocycles. The van der Waals surface area contributed by atoms with Crippen molar-refractivity contribution >= 4 is 0 Å². The highest BCUT2D eigenvalue weighted by Crippen LogP contribution is 2.36. The molecule has 0 saturated carbocycles. The lowest BCUT2D eigenvalue weighted by molar-refractivity contribution is -0.0594. The number of fused-ring (bicyclic) bond motifs is 1. The predicted molar refractivity (Wildman–Crippen MR) is 114 cm³/mol. The van der Waals surface area contributed by atoms with Gasteiger partial charge in [-0.25, -0.2) is 0 Å². The van der Waals surface area contributed by atoms with Crippen LogP contribution >= 0.6 is 0 Å². The molecule has 162 valence electrons. The van der Waals surface area contributed by atoms with Gasteiger partial charge >= 0.3 is 0 Å². The molecule has 2 aromatic rings. The normalized spacial score (nSPS) is 18.3. The van der Waals surface area contributed by atoms with Gasteiger partial charge < -0.3 is 23.7 Å². The van der Waals surface area contributed by atoms with E-state index >= 15 is 0 Å². The molecule has 6 nitrogen and oxygen atoms in total. The Morgan fingerprint density at radius 2 is 1.83 bits per heavy atom. The summed E-state index contributed by atoms with van der Waals surface area (Å²) in [6.45, 7) is 5.06. The molecule has 0 N–H and O–H groups in total. The Balaban J connectivity index is 1.56. The average Bonchev–Trinajstić information content (AvgIpc) is 2.90. The van der Waals surface area contributed by atoms with Gasteiger partial charge in [-0.05, 0) is 23.8 Å². The fraction of sp³-hybridized carbons (Fsp3) is 0.500. The fourth-order valence-corrected chi connectivity index (χ4v) is 4.24. The lowest BCUT2D eigenvalue weighted by Gasteiger charge is -2.39. The Kier molecular flexibility index (Phi) is 6.77. The van der Waals surface area contributed by atoms with Crippen LogP contribution in [0.2, 0.25) is 0 Å². The fourth-order valence-electron chi connectivity index (χ4n) is 4.24. The van der Waals surface area contributed by atoms with Crippen molar-refractivity contribution in [3.63, 3.8) is 0 Å². The van der Waals surface area contributed by atoms with Gasteiger partial charge in [-0.2, -0.15) is 0 Å². The van der Waals surface area contributed by atoms with Gasteiger partial charge in [0.15, 0.2) is 11.5 Å². The zero-order chi connectivity index (χ0) is 20.8. The summed E-state index contributed by atoms with van der Waals surface area (Å²) in [5.41, 5.74) is 2.21. The maximum atomic E-state index is 6.60. The molecule has 0 atom stereocenters. The van der Waals surface area contributed by atoms with Crippen LogP contribution in [-0.4, -0.2) is 57.7 Å². The summed E-state index contributed by atoms with van der Waals surface area (Å²) in [6, 6.07) is 14.5. The van der Waals surface area contributed by atoms with Crippen LogP contribution in [0.4, 0.5) is 0 Å². The molecule has 4 rings (SSSR count). The molecule has 0 bridgehead atoms. The monoisotopic (exact) mass is 413 g/mol. The zero-order valence-electron chi connectivity index (χ0n) is 17.9. The van der Waals surface area contributed by atoms with E-state index in [1.807, 2.05) is 6.07 Å². The Hall–Kier alpha value is -2.28. The van der Waals surface area contributed by atoms with E-state index in [-0.39, 0.29) is 5.60 Å². The van der Waals surface area contributed by atoms with Crippen LogP contribution in [-0.2, 0) is 22.6 Å². The second-order valence-electron chi connectivity index (χ2n) is 7.98. The molecule has 0 amide bonds. The largest absolute Gasteiger partial charge is 0.493 e. The molecule has 1 fully saturated rings. The topological polar surface area (TPSA) is 49.4 Å². The van der Waals surface area contributed by atoms with Crippen LogP contribution in [0.3, 0.4) is 0 Å². The number of ether oxygens (including phenoxy) is 5. The number of nitrogens with zero attached hydrogens (tertiary/aromatic N) is 1. The molecule has 0 aliphatic carbocycles. The molecule has 30 heavy (non-hydrogen) atoms. The van der Waals surface area contributed by atoms with E-state index in [4.69, 9.17) is 23.7 Å². The molecule has 2 aliphatic rings. The highest BCUT2D eigenvalue weighted by Gasteiger charge is 2.39. The van der Waals surface area contributed by atoms with Gasteiger partial charge in [0.25, 0.3) is 0 Å². The highest BCUT2D eigenvalue weighted by atomic mass is 16.5. The summed E-state index contributed by atoms with van der Waals surface area (Å²) in [6.07, 6.45) is 1.82. The van der Waals surface area contributed by atoms with Crippen molar-refractivity contribution < 1.29 is 23.7 Å². The molecular formula is C24H31NO5. The molecule has 2 heterocycles. The Labute approximate surface area is 178 Å². The van der Waals surface area contributed by atoms with Gasteiger partial charge in [-0.1, -0.05) is 24.3 Å². The van der Waals surface area contributed by atoms with E-state index < -0.39 is 0 Å². The van der Waals surface area contributed by atoms with Gasteiger partial charge in [-0.3, -0.25) is 4.90 Å². The van der Waals surface area contributed by atoms with Crippen LogP contribution in [0, 0.1) is 0 Å². The minimum absolute atomic E-state index is 0.199. The van der Waals surface area contributed by atoms with E-state index in [9.17, 15) is 0 Å². The predicted octanol–water partition coefficient (Wildman–Crippen LogP) is 3.66. The highest BCUT2D eigenvalue weighted by molar-refractivity contribution is 5.43. The van der Waals surface area contributed by atoms with E-state index in [0.717, 1.165) is 62.9 Å². The summed E-state index contributed by atoms with van der Waals surface area (Å²) in [4.78, 5) is 2.47. The number of hydrogen-bond donors (Lipinski definition) is 0. The van der Waals surface area contributed by atoms with Crippen molar-refractivity contribution in [1.29, 1.82) is 0 Å². The molecule has 0 radical (unpaired) electrons. The Morgan fingerprint density at radius 3 is 2.63 bits per heavy atom. The first-order valence-corrected chi connectivity index (χ1v) is 10.6. The molecule has 2 aromatic carbocycles. The quantitative estimate of drug-likeness (QED) is 0.646. The second-order valence-corrected chi connectivity index (χ2v) is 7.98. The zero-order valence-corrected chi connectivity index (χ0v) is 17.9. The van der Waals surface area contributed by atoms with Crippen molar-refractivity contribution in [2.75, 3.05) is 47.2 Å². The van der Waals surface area contributed by atoms with E-state index in [0.29, 0.717) is 13.2 Å². The number of rotatable bonds is 7. The van der Waals surface area contributed by atoms with Gasteiger partial charge in [0.05, 0.1) is 26.9 Å². The third-order valence-corrected chi connectivity index (χ3v) is 5.79. The van der Waals surface area contributed by atoms with E-state index in [1.54, 1.807) is 14.2 Å². The van der Waals surface area contributed by atoms with Crippen LogP contribution in [0.25, 0.3) is 0 Å². The maximum absolute atomic E-state index is 6.60. The molecule has 0 unspecified atom stereocenters. The number of hydrogen-bond acceptors (Lipinski definition) is 6. The van der Waals surface area contributed by atoms with Crippen LogP contribution in [0.15, 0.2) is 42.5 Å². The van der Waals surface area contributed by atoms with Crippen molar-refractivity contribution in [2.24, 2.45) is 0 Å². The lowest BCUT2D eigenvalue weighted by atomic mass is 9.93. The number of methoxy groups -OCH3 is 2. The first-order chi connectivity index (χ1) is 14.7. The summed E-state index contributed by atoms with van der Waals surface area (Å²) in [7, 11) is 3.33. The van der Waals surface area contributed by atoms with Crippen molar-refractivity contribution in [3.05, 3.63) is 53.6 Å². The van der Waals surface area contributed by atoms with Crippen LogP contribution in [0.5, 0.6) is 17.2 Å². The molecule has 6 heteroatoms. The summed E-state index contributed by atoms with van der Waals surface area (Å²) >= 11 is 0. The average molecular weight is 414 g/mol. The van der Waals surface area contributed by atoms with Crippen molar-refractivity contribution in [3.8, 4) is 17.2 Å². The summed E-state index contributed by atoms with van der Waals surface area (Å²) in [5.74, 6) is 2.49. The van der Waals surface area contributed by atoms with Crippen molar-refractivity contribution in [2.45, 2.75) is 31.5 Å². The van der Waals surface area contributed by atoms with Gasteiger partial charge in [0.2, 0.25) is 0 Å². The van der Waals surface area contributed by atoms with Gasteiger partial charge in [0, 0.05) is 45.1 Å². The van der Waals surface area contributed by atoms with Gasteiger partial charge in [-0.15, -0.1) is 0 Å². The smallest absolute Gasteiger partial charge is 0.161 e.